The third-order valence-corrected chi connectivity index (χ3v) is 3.14. The first-order valence-corrected chi connectivity index (χ1v) is 6.28. The molecule has 92 valence electrons. The Labute approximate surface area is 109 Å². The number of hydrogen-bond donors (Lipinski definition) is 1. The highest BCUT2D eigenvalue weighted by molar-refractivity contribution is 7.14. The van der Waals surface area contributed by atoms with Gasteiger partial charge < -0.3 is 5.32 Å². The van der Waals surface area contributed by atoms with Gasteiger partial charge in [-0.25, -0.2) is 4.98 Å². The van der Waals surface area contributed by atoms with Crippen LogP contribution in [0.15, 0.2) is 29.6 Å². The third-order valence-electron chi connectivity index (χ3n) is 2.39. The van der Waals surface area contributed by atoms with Crippen molar-refractivity contribution in [2.24, 2.45) is 0 Å². The lowest BCUT2D eigenvalue weighted by atomic mass is 10.1. The molecule has 0 radical (unpaired) electrons. The molecule has 0 aliphatic carbocycles. The minimum atomic E-state index is -0.0585. The Balaban J connectivity index is 2.20. The Bertz CT molecular complexity index is 605. The summed E-state index contributed by atoms with van der Waals surface area (Å²) in [6.45, 7) is 3.01. The van der Waals surface area contributed by atoms with Gasteiger partial charge in [0.2, 0.25) is 0 Å². The van der Waals surface area contributed by atoms with Gasteiger partial charge in [-0.05, 0) is 19.1 Å². The maximum atomic E-state index is 11.3. The first-order valence-electron chi connectivity index (χ1n) is 5.41. The fourth-order valence-electron chi connectivity index (χ4n) is 1.43. The fourth-order valence-corrected chi connectivity index (χ4v) is 2.20. The molecule has 1 aromatic heterocycles. The molecule has 0 spiro atoms. The van der Waals surface area contributed by atoms with Crippen LogP contribution in [0.5, 0.6) is 0 Å². The largest absolute Gasteiger partial charge is 0.332 e. The summed E-state index contributed by atoms with van der Waals surface area (Å²) in [6.07, 6.45) is 0. The number of rotatable bonds is 4. The van der Waals surface area contributed by atoms with E-state index in [4.69, 9.17) is 0 Å². The fraction of sp³-hybridized carbons (Fsp3) is 0.154. The van der Waals surface area contributed by atoms with Crippen molar-refractivity contribution in [3.8, 4) is 0 Å². The molecule has 0 aliphatic heterocycles. The summed E-state index contributed by atoms with van der Waals surface area (Å²) in [6, 6.07) is 7.17. The highest BCUT2D eigenvalue weighted by Gasteiger charge is 2.06. The van der Waals surface area contributed by atoms with Gasteiger partial charge in [0, 0.05) is 23.6 Å². The van der Waals surface area contributed by atoms with Crippen molar-refractivity contribution >= 4 is 33.7 Å². The van der Waals surface area contributed by atoms with Gasteiger partial charge in [-0.2, -0.15) is 0 Å². The summed E-state index contributed by atoms with van der Waals surface area (Å²) >= 11 is 1.36. The number of ketones is 2. The number of thiazole rings is 1. The number of carbonyl (C=O) groups is 2. The van der Waals surface area contributed by atoms with Crippen molar-refractivity contribution in [1.82, 2.24) is 4.98 Å². The maximum absolute atomic E-state index is 11.3. The van der Waals surface area contributed by atoms with Crippen LogP contribution in [-0.4, -0.2) is 16.6 Å². The van der Waals surface area contributed by atoms with E-state index in [-0.39, 0.29) is 11.6 Å². The van der Waals surface area contributed by atoms with Crippen LogP contribution in [0.4, 0.5) is 10.8 Å². The van der Waals surface area contributed by atoms with E-state index in [1.54, 1.807) is 23.6 Å². The van der Waals surface area contributed by atoms with Gasteiger partial charge in [0.1, 0.15) is 5.69 Å². The lowest BCUT2D eigenvalue weighted by Gasteiger charge is -2.03. The van der Waals surface area contributed by atoms with E-state index in [0.717, 1.165) is 5.69 Å². The SMILES string of the molecule is CC(=O)c1cccc(Nc2nc(C(C)=O)cs2)c1. The molecule has 0 saturated heterocycles. The highest BCUT2D eigenvalue weighted by atomic mass is 32.1. The molecule has 2 rings (SSSR count). The Morgan fingerprint density at radius 2 is 2.00 bits per heavy atom. The molecule has 1 N–H and O–H groups in total. The van der Waals surface area contributed by atoms with Gasteiger partial charge in [0.05, 0.1) is 0 Å². The summed E-state index contributed by atoms with van der Waals surface area (Å²) in [7, 11) is 0. The van der Waals surface area contributed by atoms with Crippen molar-refractivity contribution in [2.45, 2.75) is 13.8 Å². The van der Waals surface area contributed by atoms with E-state index >= 15 is 0 Å². The van der Waals surface area contributed by atoms with Gasteiger partial charge in [0.15, 0.2) is 16.7 Å². The van der Waals surface area contributed by atoms with Crippen LogP contribution in [0.25, 0.3) is 0 Å². The van der Waals surface area contributed by atoms with E-state index in [2.05, 4.69) is 10.3 Å². The minimum absolute atomic E-state index is 0.0159. The van der Waals surface area contributed by atoms with E-state index in [0.29, 0.717) is 16.4 Å². The molecule has 0 atom stereocenters. The topological polar surface area (TPSA) is 59.1 Å². The van der Waals surface area contributed by atoms with Crippen LogP contribution in [-0.2, 0) is 0 Å². The first-order chi connectivity index (χ1) is 8.56. The number of Topliss-reactive ketones (excluding diaryl/α,β-unsaturated/α-hetero) is 2. The maximum Gasteiger partial charge on any atom is 0.187 e. The predicted octanol–water partition coefficient (Wildman–Crippen LogP) is 3.29. The van der Waals surface area contributed by atoms with Gasteiger partial charge in [-0.3, -0.25) is 9.59 Å². The molecule has 5 heteroatoms. The monoisotopic (exact) mass is 260 g/mol. The Hall–Kier alpha value is -2.01. The second-order valence-corrected chi connectivity index (χ2v) is 4.71. The number of anilines is 2. The normalized spacial score (nSPS) is 10.1. The first kappa shape index (κ1) is 12.4. The summed E-state index contributed by atoms with van der Waals surface area (Å²) in [5, 5.41) is 5.42. The Morgan fingerprint density at radius 1 is 1.22 bits per heavy atom. The molecule has 0 amide bonds. The van der Waals surface area contributed by atoms with Crippen molar-refractivity contribution in [1.29, 1.82) is 0 Å². The molecule has 18 heavy (non-hydrogen) atoms. The van der Waals surface area contributed by atoms with E-state index in [1.807, 2.05) is 6.07 Å². The number of carbonyl (C=O) groups excluding carboxylic acids is 2. The molecule has 4 nitrogen and oxygen atoms in total. The van der Waals surface area contributed by atoms with Crippen LogP contribution < -0.4 is 5.32 Å². The zero-order valence-corrected chi connectivity index (χ0v) is 10.9. The Morgan fingerprint density at radius 3 is 2.61 bits per heavy atom. The van der Waals surface area contributed by atoms with E-state index in [1.165, 1.54) is 25.2 Å². The number of hydrogen-bond acceptors (Lipinski definition) is 5. The number of benzene rings is 1. The van der Waals surface area contributed by atoms with Crippen molar-refractivity contribution in [2.75, 3.05) is 5.32 Å². The van der Waals surface area contributed by atoms with Crippen molar-refractivity contribution in [3.05, 3.63) is 40.9 Å². The smallest absolute Gasteiger partial charge is 0.187 e. The number of nitrogens with one attached hydrogen (secondary N) is 1. The average molecular weight is 260 g/mol. The average Bonchev–Trinajstić information content (AvgIpc) is 2.78. The van der Waals surface area contributed by atoms with E-state index < -0.39 is 0 Å². The predicted molar refractivity (Wildman–Crippen MR) is 71.8 cm³/mol. The second-order valence-electron chi connectivity index (χ2n) is 3.86. The standard InChI is InChI=1S/C13H12N2O2S/c1-8(16)10-4-3-5-11(6-10)14-13-15-12(7-18-13)9(2)17/h3-7H,1-2H3,(H,14,15). The van der Waals surface area contributed by atoms with Gasteiger partial charge in [-0.15, -0.1) is 11.3 Å². The molecule has 1 heterocycles. The third kappa shape index (κ3) is 2.81. The molecule has 2 aromatic rings. The number of aromatic nitrogens is 1. The molecular weight excluding hydrogens is 248 g/mol. The Kier molecular flexibility index (Phi) is 3.53. The van der Waals surface area contributed by atoms with Crippen LogP contribution in [0, 0.1) is 0 Å². The van der Waals surface area contributed by atoms with Crippen molar-refractivity contribution in [3.63, 3.8) is 0 Å². The molecule has 0 unspecified atom stereocenters. The summed E-state index contributed by atoms with van der Waals surface area (Å²) in [4.78, 5) is 26.5. The molecule has 0 saturated carbocycles. The lowest BCUT2D eigenvalue weighted by molar-refractivity contribution is 0.100. The zero-order chi connectivity index (χ0) is 13.1. The van der Waals surface area contributed by atoms with Crippen LogP contribution in [0.2, 0.25) is 0 Å². The minimum Gasteiger partial charge on any atom is -0.332 e. The van der Waals surface area contributed by atoms with Crippen LogP contribution in [0.3, 0.4) is 0 Å². The quantitative estimate of drug-likeness (QED) is 0.857. The van der Waals surface area contributed by atoms with Gasteiger partial charge in [-0.1, -0.05) is 12.1 Å². The van der Waals surface area contributed by atoms with Gasteiger partial charge in [0.25, 0.3) is 0 Å². The molecule has 0 fully saturated rings. The summed E-state index contributed by atoms with van der Waals surface area (Å²) in [5.74, 6) is -0.0426. The van der Waals surface area contributed by atoms with Crippen LogP contribution in [0.1, 0.15) is 34.7 Å². The summed E-state index contributed by atoms with van der Waals surface area (Å²) in [5.41, 5.74) is 1.88. The highest BCUT2D eigenvalue weighted by Crippen LogP contribution is 2.21. The molecular formula is C13H12N2O2S. The number of nitrogens with zero attached hydrogens (tertiary/aromatic N) is 1. The lowest BCUT2D eigenvalue weighted by Crippen LogP contribution is -1.96. The summed E-state index contributed by atoms with van der Waals surface area (Å²) < 4.78 is 0. The van der Waals surface area contributed by atoms with Crippen molar-refractivity contribution < 1.29 is 9.59 Å². The van der Waals surface area contributed by atoms with Crippen LogP contribution >= 0.6 is 11.3 Å². The molecule has 0 bridgehead atoms. The molecule has 0 aliphatic rings. The second kappa shape index (κ2) is 5.10. The van der Waals surface area contributed by atoms with Gasteiger partial charge >= 0.3 is 0 Å². The molecule has 1 aromatic carbocycles. The zero-order valence-electron chi connectivity index (χ0n) is 10.1. The van der Waals surface area contributed by atoms with E-state index in [9.17, 15) is 9.59 Å².